The quantitative estimate of drug-likeness (QED) is 0.732. The minimum Gasteiger partial charge on any atom is -0.267 e. The Morgan fingerprint density at radius 1 is 1.10 bits per heavy atom. The molecule has 1 heterocycles. The fourth-order valence-electron chi connectivity index (χ4n) is 1.49. The van der Waals surface area contributed by atoms with Crippen LogP contribution in [0.1, 0.15) is 25.6 Å². The molecule has 0 spiro atoms. The van der Waals surface area contributed by atoms with E-state index in [0.717, 1.165) is 13.8 Å². The number of carbonyl (C=O) groups is 2. The molecule has 0 atom stereocenters. The minimum absolute atomic E-state index is 0.350. The number of thiophene rings is 1. The van der Waals surface area contributed by atoms with E-state index >= 15 is 0 Å². The standard InChI is InChI=1S/C13H10Br2N2O2S/c1-7-3-2-4-8(5-7)12(18)16-17-13(19)10-6-9(14)11(15)20-10/h2-6H,1H3,(H,16,18)(H,17,19). The van der Waals surface area contributed by atoms with E-state index in [4.69, 9.17) is 0 Å². The molecule has 0 aliphatic rings. The van der Waals surface area contributed by atoms with Gasteiger partial charge in [-0.15, -0.1) is 11.3 Å². The van der Waals surface area contributed by atoms with Crippen molar-refractivity contribution in [1.29, 1.82) is 0 Å². The Labute approximate surface area is 136 Å². The van der Waals surface area contributed by atoms with Crippen LogP contribution in [0.4, 0.5) is 0 Å². The number of nitrogens with one attached hydrogen (secondary N) is 2. The number of amides is 2. The van der Waals surface area contributed by atoms with Gasteiger partial charge in [-0.05, 0) is 57.0 Å². The molecular weight excluding hydrogens is 408 g/mol. The van der Waals surface area contributed by atoms with Gasteiger partial charge in [0.25, 0.3) is 11.8 Å². The molecule has 4 nitrogen and oxygen atoms in total. The molecule has 7 heteroatoms. The lowest BCUT2D eigenvalue weighted by Crippen LogP contribution is -2.41. The van der Waals surface area contributed by atoms with E-state index < -0.39 is 0 Å². The molecule has 1 aromatic heterocycles. The molecule has 0 aliphatic carbocycles. The molecule has 0 radical (unpaired) electrons. The van der Waals surface area contributed by atoms with Crippen LogP contribution in [0.2, 0.25) is 0 Å². The summed E-state index contributed by atoms with van der Waals surface area (Å²) in [6.07, 6.45) is 0. The van der Waals surface area contributed by atoms with Crippen LogP contribution in [0.3, 0.4) is 0 Å². The number of hydrogen-bond donors (Lipinski definition) is 2. The van der Waals surface area contributed by atoms with Crippen molar-refractivity contribution in [2.45, 2.75) is 6.92 Å². The molecular formula is C13H10Br2N2O2S. The Hall–Kier alpha value is -1.18. The number of aryl methyl sites for hydroxylation is 1. The highest BCUT2D eigenvalue weighted by Gasteiger charge is 2.13. The monoisotopic (exact) mass is 416 g/mol. The number of hydrogen-bond acceptors (Lipinski definition) is 3. The smallest absolute Gasteiger partial charge is 0.267 e. The Morgan fingerprint density at radius 2 is 1.80 bits per heavy atom. The van der Waals surface area contributed by atoms with Gasteiger partial charge in [-0.2, -0.15) is 0 Å². The van der Waals surface area contributed by atoms with Gasteiger partial charge in [0.05, 0.1) is 8.66 Å². The summed E-state index contributed by atoms with van der Waals surface area (Å²) in [5, 5.41) is 0. The molecule has 0 aliphatic heterocycles. The van der Waals surface area contributed by atoms with Gasteiger partial charge in [0.1, 0.15) is 0 Å². The second-order valence-electron chi connectivity index (χ2n) is 4.01. The van der Waals surface area contributed by atoms with E-state index in [1.807, 2.05) is 13.0 Å². The first-order valence-corrected chi connectivity index (χ1v) is 8.00. The van der Waals surface area contributed by atoms with Crippen molar-refractivity contribution < 1.29 is 9.59 Å². The van der Waals surface area contributed by atoms with Crippen LogP contribution >= 0.6 is 43.2 Å². The van der Waals surface area contributed by atoms with Crippen LogP contribution in [0.5, 0.6) is 0 Å². The summed E-state index contributed by atoms with van der Waals surface area (Å²) in [6.45, 7) is 1.90. The average molecular weight is 418 g/mol. The lowest BCUT2D eigenvalue weighted by Gasteiger charge is -2.06. The van der Waals surface area contributed by atoms with Crippen LogP contribution in [-0.2, 0) is 0 Å². The first-order valence-electron chi connectivity index (χ1n) is 5.59. The predicted octanol–water partition coefficient (Wildman–Crippen LogP) is 3.66. The van der Waals surface area contributed by atoms with Crippen molar-refractivity contribution in [3.63, 3.8) is 0 Å². The lowest BCUT2D eigenvalue weighted by molar-refractivity contribution is 0.0849. The third-order valence-electron chi connectivity index (χ3n) is 2.44. The van der Waals surface area contributed by atoms with Gasteiger partial charge < -0.3 is 0 Å². The molecule has 2 rings (SSSR count). The van der Waals surface area contributed by atoms with Crippen molar-refractivity contribution in [2.75, 3.05) is 0 Å². The molecule has 20 heavy (non-hydrogen) atoms. The van der Waals surface area contributed by atoms with E-state index in [9.17, 15) is 9.59 Å². The van der Waals surface area contributed by atoms with Crippen LogP contribution in [0.25, 0.3) is 0 Å². The zero-order chi connectivity index (χ0) is 14.7. The van der Waals surface area contributed by atoms with Crippen LogP contribution in [-0.4, -0.2) is 11.8 Å². The Kier molecular flexibility index (Phi) is 4.95. The molecule has 2 N–H and O–H groups in total. The summed E-state index contributed by atoms with van der Waals surface area (Å²) in [4.78, 5) is 24.2. The Bertz CT molecular complexity index is 651. The maximum Gasteiger partial charge on any atom is 0.279 e. The van der Waals surface area contributed by atoms with Gasteiger partial charge in [0.2, 0.25) is 0 Å². The van der Waals surface area contributed by atoms with Crippen molar-refractivity contribution >= 4 is 55.0 Å². The molecule has 0 saturated heterocycles. The Balaban J connectivity index is 1.98. The molecule has 0 unspecified atom stereocenters. The number of benzene rings is 1. The lowest BCUT2D eigenvalue weighted by atomic mass is 10.1. The van der Waals surface area contributed by atoms with Gasteiger partial charge in [-0.3, -0.25) is 20.4 Å². The first-order chi connectivity index (χ1) is 9.47. The van der Waals surface area contributed by atoms with Gasteiger partial charge in [0.15, 0.2) is 0 Å². The highest BCUT2D eigenvalue weighted by molar-refractivity contribution is 9.13. The molecule has 2 amide bonds. The third-order valence-corrected chi connectivity index (χ3v) is 5.69. The topological polar surface area (TPSA) is 58.2 Å². The largest absolute Gasteiger partial charge is 0.279 e. The van der Waals surface area contributed by atoms with Gasteiger partial charge >= 0.3 is 0 Å². The molecule has 0 saturated carbocycles. The minimum atomic E-state index is -0.359. The molecule has 104 valence electrons. The van der Waals surface area contributed by atoms with Crippen LogP contribution in [0.15, 0.2) is 38.6 Å². The fourth-order valence-corrected chi connectivity index (χ4v) is 3.42. The summed E-state index contributed by atoms with van der Waals surface area (Å²) in [7, 11) is 0. The molecule has 2 aromatic rings. The van der Waals surface area contributed by atoms with E-state index in [2.05, 4.69) is 42.7 Å². The summed E-state index contributed by atoms with van der Waals surface area (Å²) >= 11 is 7.90. The number of halogens is 2. The summed E-state index contributed by atoms with van der Waals surface area (Å²) in [6, 6.07) is 8.81. The summed E-state index contributed by atoms with van der Waals surface area (Å²) in [5.74, 6) is -0.709. The van der Waals surface area contributed by atoms with Crippen molar-refractivity contribution in [1.82, 2.24) is 10.9 Å². The fraction of sp³-hybridized carbons (Fsp3) is 0.0769. The number of hydrazine groups is 1. The van der Waals surface area contributed by atoms with Crippen LogP contribution in [0, 0.1) is 6.92 Å². The number of rotatable bonds is 2. The van der Waals surface area contributed by atoms with Gasteiger partial charge in [-0.1, -0.05) is 17.7 Å². The first kappa shape index (κ1) is 15.2. The third kappa shape index (κ3) is 3.68. The van der Waals surface area contributed by atoms with Gasteiger partial charge in [0, 0.05) is 10.0 Å². The zero-order valence-corrected chi connectivity index (χ0v) is 14.4. The molecule has 0 fully saturated rings. The maximum absolute atomic E-state index is 11.9. The normalized spacial score (nSPS) is 10.2. The predicted molar refractivity (Wildman–Crippen MR) is 85.8 cm³/mol. The molecule has 1 aromatic carbocycles. The Morgan fingerprint density at radius 3 is 2.40 bits per heavy atom. The van der Waals surface area contributed by atoms with E-state index in [1.165, 1.54) is 11.3 Å². The van der Waals surface area contributed by atoms with E-state index in [1.54, 1.807) is 24.3 Å². The van der Waals surface area contributed by atoms with E-state index in [0.29, 0.717) is 10.4 Å². The summed E-state index contributed by atoms with van der Waals surface area (Å²) < 4.78 is 1.63. The number of carbonyl (C=O) groups excluding carboxylic acids is 2. The zero-order valence-electron chi connectivity index (χ0n) is 10.4. The second kappa shape index (κ2) is 6.51. The van der Waals surface area contributed by atoms with Gasteiger partial charge in [-0.25, -0.2) is 0 Å². The SMILES string of the molecule is Cc1cccc(C(=O)NNC(=O)c2cc(Br)c(Br)s2)c1. The van der Waals surface area contributed by atoms with Crippen molar-refractivity contribution in [2.24, 2.45) is 0 Å². The highest BCUT2D eigenvalue weighted by atomic mass is 79.9. The van der Waals surface area contributed by atoms with Crippen molar-refractivity contribution in [3.8, 4) is 0 Å². The van der Waals surface area contributed by atoms with E-state index in [-0.39, 0.29) is 11.8 Å². The van der Waals surface area contributed by atoms with Crippen LogP contribution < -0.4 is 10.9 Å². The molecule has 0 bridgehead atoms. The summed E-state index contributed by atoms with van der Waals surface area (Å²) in [5.41, 5.74) is 6.26. The average Bonchev–Trinajstić information content (AvgIpc) is 2.76. The van der Waals surface area contributed by atoms with Crippen molar-refractivity contribution in [3.05, 3.63) is 54.6 Å². The second-order valence-corrected chi connectivity index (χ2v) is 7.23. The highest BCUT2D eigenvalue weighted by Crippen LogP contribution is 2.32. The maximum atomic E-state index is 11.9.